The fourth-order valence-electron chi connectivity index (χ4n) is 2.20. The van der Waals surface area contributed by atoms with Gasteiger partial charge in [-0.25, -0.2) is 9.59 Å². The number of carboxylic acid groups (broad SMARTS) is 1. The molecule has 0 aliphatic carbocycles. The summed E-state index contributed by atoms with van der Waals surface area (Å²) in [6.45, 7) is 6.15. The number of nitrogens with one attached hydrogen (secondary N) is 1. The molecule has 1 amide bonds. The number of rotatable bonds is 5. The third-order valence-corrected chi connectivity index (χ3v) is 3.06. The molecule has 0 unspecified atom stereocenters. The Morgan fingerprint density at radius 1 is 1.30 bits per heavy atom. The molecule has 0 aliphatic rings. The van der Waals surface area contributed by atoms with Crippen LogP contribution in [0.5, 0.6) is 0 Å². The lowest BCUT2D eigenvalue weighted by atomic mass is 10.2. The first-order chi connectivity index (χ1) is 10.8. The van der Waals surface area contributed by atoms with E-state index in [2.05, 4.69) is 10.4 Å². The van der Waals surface area contributed by atoms with Crippen LogP contribution >= 0.6 is 0 Å². The van der Waals surface area contributed by atoms with E-state index in [-0.39, 0.29) is 5.69 Å². The Morgan fingerprint density at radius 2 is 2.00 bits per heavy atom. The fourth-order valence-corrected chi connectivity index (χ4v) is 2.20. The summed E-state index contributed by atoms with van der Waals surface area (Å²) < 4.78 is 6.60. The van der Waals surface area contributed by atoms with E-state index in [1.165, 1.54) is 4.68 Å². The molecule has 1 aromatic heterocycles. The Kier molecular flexibility index (Phi) is 4.88. The Balaban J connectivity index is 1.96. The van der Waals surface area contributed by atoms with Gasteiger partial charge in [-0.2, -0.15) is 5.10 Å². The summed E-state index contributed by atoms with van der Waals surface area (Å²) in [5.41, 5.74) is 0.267. The normalized spacial score (nSPS) is 11.4. The number of hydrogen-bond donors (Lipinski definition) is 2. The van der Waals surface area contributed by atoms with Crippen molar-refractivity contribution in [2.45, 2.75) is 39.3 Å². The van der Waals surface area contributed by atoms with Crippen molar-refractivity contribution in [1.82, 2.24) is 15.1 Å². The molecule has 1 aromatic carbocycles. The topological polar surface area (TPSA) is 93.5 Å². The van der Waals surface area contributed by atoms with Gasteiger partial charge >= 0.3 is 12.1 Å². The van der Waals surface area contributed by atoms with Crippen molar-refractivity contribution in [3.63, 3.8) is 0 Å². The van der Waals surface area contributed by atoms with Gasteiger partial charge in [0.2, 0.25) is 0 Å². The Morgan fingerprint density at radius 3 is 2.65 bits per heavy atom. The largest absolute Gasteiger partial charge is 0.477 e. The molecule has 23 heavy (non-hydrogen) atoms. The van der Waals surface area contributed by atoms with Crippen molar-refractivity contribution < 1.29 is 19.4 Å². The molecule has 2 rings (SSSR count). The summed E-state index contributed by atoms with van der Waals surface area (Å²) in [6.07, 6.45) is 0.0645. The Bertz CT molecular complexity index is 716. The van der Waals surface area contributed by atoms with Crippen LogP contribution in [0.1, 0.15) is 37.7 Å². The number of benzene rings is 1. The minimum Gasteiger partial charge on any atom is -0.477 e. The second kappa shape index (κ2) is 6.68. The summed E-state index contributed by atoms with van der Waals surface area (Å²) in [6, 6.07) is 7.11. The molecule has 7 nitrogen and oxygen atoms in total. The summed E-state index contributed by atoms with van der Waals surface area (Å²) >= 11 is 0. The zero-order chi connectivity index (χ0) is 17.0. The monoisotopic (exact) mass is 319 g/mol. The van der Waals surface area contributed by atoms with Gasteiger partial charge in [-0.15, -0.1) is 0 Å². The lowest BCUT2D eigenvalue weighted by Gasteiger charge is -2.19. The highest BCUT2D eigenvalue weighted by Gasteiger charge is 2.18. The molecule has 0 radical (unpaired) electrons. The van der Waals surface area contributed by atoms with Crippen molar-refractivity contribution in [2.75, 3.05) is 6.54 Å². The molecule has 124 valence electrons. The number of carbonyl (C=O) groups excluding carboxylic acids is 1. The zero-order valence-electron chi connectivity index (χ0n) is 13.5. The average Bonchev–Trinajstić information content (AvgIpc) is 2.80. The first-order valence-electron chi connectivity index (χ1n) is 7.43. The Hall–Kier alpha value is -2.57. The number of amides is 1. The molecule has 1 heterocycles. The van der Waals surface area contributed by atoms with E-state index in [1.807, 2.05) is 6.07 Å². The van der Waals surface area contributed by atoms with Crippen LogP contribution in [-0.2, 0) is 11.3 Å². The minimum absolute atomic E-state index is 0.165. The third kappa shape index (κ3) is 4.45. The minimum atomic E-state index is -1.01. The number of carbonyl (C=O) groups is 2. The molecule has 7 heteroatoms. The molecular weight excluding hydrogens is 298 g/mol. The van der Waals surface area contributed by atoms with Gasteiger partial charge in [0.25, 0.3) is 0 Å². The average molecular weight is 319 g/mol. The van der Waals surface area contributed by atoms with Crippen LogP contribution in [0.25, 0.3) is 10.9 Å². The van der Waals surface area contributed by atoms with Crippen molar-refractivity contribution in [2.24, 2.45) is 0 Å². The van der Waals surface area contributed by atoms with Crippen LogP contribution < -0.4 is 5.32 Å². The number of ether oxygens (including phenoxy) is 1. The van der Waals surface area contributed by atoms with Crippen molar-refractivity contribution in [1.29, 1.82) is 0 Å². The first kappa shape index (κ1) is 16.8. The molecule has 2 N–H and O–H groups in total. The molecule has 0 fully saturated rings. The van der Waals surface area contributed by atoms with Gasteiger partial charge < -0.3 is 15.2 Å². The van der Waals surface area contributed by atoms with E-state index in [0.717, 1.165) is 0 Å². The molecule has 0 saturated heterocycles. The predicted octanol–water partition coefficient (Wildman–Crippen LogP) is 2.65. The van der Waals surface area contributed by atoms with Crippen molar-refractivity contribution in [3.05, 3.63) is 30.0 Å². The molecular formula is C16H21N3O4. The van der Waals surface area contributed by atoms with Gasteiger partial charge in [0.15, 0.2) is 5.69 Å². The molecule has 0 spiro atoms. The Labute approximate surface area is 134 Å². The van der Waals surface area contributed by atoms with Crippen LogP contribution in [0.15, 0.2) is 24.3 Å². The summed E-state index contributed by atoms with van der Waals surface area (Å²) in [7, 11) is 0. The molecule has 0 saturated carbocycles. The van der Waals surface area contributed by atoms with E-state index in [9.17, 15) is 14.7 Å². The van der Waals surface area contributed by atoms with E-state index >= 15 is 0 Å². The number of aromatic nitrogens is 2. The third-order valence-electron chi connectivity index (χ3n) is 3.06. The standard InChI is InChI=1S/C16H21N3O4/c1-16(2,3)23-15(22)17-9-6-10-19-13(14(20)21)11-7-4-5-8-12(11)18-19/h4-5,7-8H,6,9-10H2,1-3H3,(H,17,22)(H,20,21). The lowest BCUT2D eigenvalue weighted by molar-refractivity contribution is 0.0525. The summed E-state index contributed by atoms with van der Waals surface area (Å²) in [4.78, 5) is 23.0. The summed E-state index contributed by atoms with van der Waals surface area (Å²) in [5.74, 6) is -1.01. The second-order valence-electron chi connectivity index (χ2n) is 6.18. The van der Waals surface area contributed by atoms with Crippen molar-refractivity contribution >= 4 is 23.0 Å². The van der Waals surface area contributed by atoms with Crippen LogP contribution in [0, 0.1) is 0 Å². The highest BCUT2D eigenvalue weighted by atomic mass is 16.6. The highest BCUT2D eigenvalue weighted by molar-refractivity contribution is 6.01. The summed E-state index contributed by atoms with van der Waals surface area (Å²) in [5, 5.41) is 16.9. The zero-order valence-corrected chi connectivity index (χ0v) is 13.5. The molecule has 2 aromatic rings. The number of carboxylic acids is 1. The maximum absolute atomic E-state index is 11.5. The number of aryl methyl sites for hydroxylation is 1. The van der Waals surface area contributed by atoms with Crippen LogP contribution in [-0.4, -0.2) is 39.1 Å². The maximum atomic E-state index is 11.5. The van der Waals surface area contributed by atoms with E-state index < -0.39 is 17.7 Å². The van der Waals surface area contributed by atoms with Crippen LogP contribution in [0.3, 0.4) is 0 Å². The predicted molar refractivity (Wildman–Crippen MR) is 85.5 cm³/mol. The van der Waals surface area contributed by atoms with Gasteiger partial charge in [0.1, 0.15) is 5.60 Å². The second-order valence-corrected chi connectivity index (χ2v) is 6.18. The SMILES string of the molecule is CC(C)(C)OC(=O)NCCCn1nc2ccccc2c1C(=O)O. The van der Waals surface area contributed by atoms with Gasteiger partial charge in [0, 0.05) is 18.5 Å². The number of alkyl carbamates (subject to hydrolysis) is 1. The quantitative estimate of drug-likeness (QED) is 0.826. The van der Waals surface area contributed by atoms with Gasteiger partial charge in [-0.05, 0) is 33.3 Å². The number of fused-ring (bicyclic) bond motifs is 1. The lowest BCUT2D eigenvalue weighted by Crippen LogP contribution is -2.33. The number of nitrogens with zero attached hydrogens (tertiary/aromatic N) is 2. The van der Waals surface area contributed by atoms with Crippen LogP contribution in [0.4, 0.5) is 4.79 Å². The molecule has 0 atom stereocenters. The highest BCUT2D eigenvalue weighted by Crippen LogP contribution is 2.18. The van der Waals surface area contributed by atoms with E-state index in [0.29, 0.717) is 30.4 Å². The van der Waals surface area contributed by atoms with E-state index in [1.54, 1.807) is 39.0 Å². The maximum Gasteiger partial charge on any atom is 0.407 e. The van der Waals surface area contributed by atoms with Gasteiger partial charge in [0.05, 0.1) is 5.52 Å². The smallest absolute Gasteiger partial charge is 0.407 e. The number of hydrogen-bond acceptors (Lipinski definition) is 4. The fraction of sp³-hybridized carbons (Fsp3) is 0.438. The van der Waals surface area contributed by atoms with Gasteiger partial charge in [-0.3, -0.25) is 4.68 Å². The van der Waals surface area contributed by atoms with E-state index in [4.69, 9.17) is 4.74 Å². The van der Waals surface area contributed by atoms with Gasteiger partial charge in [-0.1, -0.05) is 18.2 Å². The first-order valence-corrected chi connectivity index (χ1v) is 7.43. The van der Waals surface area contributed by atoms with Crippen molar-refractivity contribution in [3.8, 4) is 0 Å². The van der Waals surface area contributed by atoms with Crippen LogP contribution in [0.2, 0.25) is 0 Å². The number of aromatic carboxylic acids is 1. The molecule has 0 aliphatic heterocycles. The molecule has 0 bridgehead atoms.